The highest BCUT2D eigenvalue weighted by Gasteiger charge is 2.31. The Morgan fingerprint density at radius 2 is 2.16 bits per heavy atom. The first-order valence-electron chi connectivity index (χ1n) is 6.17. The van der Waals surface area contributed by atoms with E-state index in [1.807, 2.05) is 26.8 Å². The number of carbonyl (C=O) groups excluding carboxylic acids is 1. The maximum Gasteiger partial charge on any atom is 0.410 e. The largest absolute Gasteiger partial charge is 0.444 e. The molecule has 6 heteroatoms. The smallest absolute Gasteiger partial charge is 0.410 e. The molecule has 0 saturated carbocycles. The highest BCUT2D eigenvalue weighted by atomic mass is 35.5. The second kappa shape index (κ2) is 4.89. The third-order valence-corrected chi connectivity index (χ3v) is 3.17. The van der Waals surface area contributed by atoms with Crippen molar-refractivity contribution in [2.24, 2.45) is 0 Å². The zero-order valence-electron chi connectivity index (χ0n) is 11.3. The van der Waals surface area contributed by atoms with E-state index in [1.165, 1.54) is 0 Å². The van der Waals surface area contributed by atoms with Crippen LogP contribution < -0.4 is 4.73 Å². The van der Waals surface area contributed by atoms with Crippen LogP contribution in [-0.4, -0.2) is 28.3 Å². The predicted octanol–water partition coefficient (Wildman–Crippen LogP) is 2.16. The van der Waals surface area contributed by atoms with Gasteiger partial charge in [-0.3, -0.25) is 5.21 Å². The van der Waals surface area contributed by atoms with Gasteiger partial charge in [0.05, 0.1) is 13.0 Å². The lowest BCUT2D eigenvalue weighted by Crippen LogP contribution is -2.46. The lowest BCUT2D eigenvalue weighted by Gasteiger charge is -2.29. The summed E-state index contributed by atoms with van der Waals surface area (Å²) in [5, 5.41) is 10.1. The molecule has 1 aliphatic heterocycles. The Morgan fingerprint density at radius 3 is 2.79 bits per heavy atom. The Kier molecular flexibility index (Phi) is 3.58. The fourth-order valence-corrected chi connectivity index (χ4v) is 2.18. The Morgan fingerprint density at radius 1 is 1.47 bits per heavy atom. The number of rotatable bonds is 0. The monoisotopic (exact) mass is 285 g/mol. The second-order valence-electron chi connectivity index (χ2n) is 5.59. The molecule has 1 amide bonds. The van der Waals surface area contributed by atoms with Crippen molar-refractivity contribution in [3.63, 3.8) is 0 Å². The van der Waals surface area contributed by atoms with Crippen molar-refractivity contribution in [2.75, 3.05) is 6.54 Å². The van der Waals surface area contributed by atoms with Crippen LogP contribution in [0.25, 0.3) is 0 Å². The van der Waals surface area contributed by atoms with Gasteiger partial charge in [0.2, 0.25) is 5.69 Å². The summed E-state index contributed by atoms with van der Waals surface area (Å²) in [5.74, 6) is 0. The van der Waals surface area contributed by atoms with E-state index in [4.69, 9.17) is 16.3 Å². The first-order chi connectivity index (χ1) is 8.78. The number of amides is 1. The van der Waals surface area contributed by atoms with E-state index in [1.54, 1.807) is 11.0 Å². The predicted molar refractivity (Wildman–Crippen MR) is 69.2 cm³/mol. The molecule has 1 aromatic heterocycles. The van der Waals surface area contributed by atoms with Gasteiger partial charge < -0.3 is 9.64 Å². The fraction of sp³-hybridized carbons (Fsp3) is 0.538. The quantitative estimate of drug-likeness (QED) is 0.451. The SMILES string of the molecule is CC(C)(C)OC(=O)N1CCc2c(ccc(Cl)[n+]2O)C1. The molecular weight excluding hydrogens is 268 g/mol. The van der Waals surface area contributed by atoms with E-state index in [0.717, 1.165) is 16.0 Å². The molecule has 2 rings (SSSR count). The van der Waals surface area contributed by atoms with Crippen LogP contribution in [0.3, 0.4) is 0 Å². The van der Waals surface area contributed by atoms with Crippen LogP contribution in [0.2, 0.25) is 5.15 Å². The molecule has 1 N–H and O–H groups in total. The van der Waals surface area contributed by atoms with Crippen molar-refractivity contribution >= 4 is 17.7 Å². The van der Waals surface area contributed by atoms with Gasteiger partial charge >= 0.3 is 11.2 Å². The number of fused-ring (bicyclic) bond motifs is 1. The summed E-state index contributed by atoms with van der Waals surface area (Å²) in [6.07, 6.45) is 0.212. The van der Waals surface area contributed by atoms with Crippen molar-refractivity contribution in [1.29, 1.82) is 0 Å². The number of carbonyl (C=O) groups is 1. The molecule has 19 heavy (non-hydrogen) atoms. The summed E-state index contributed by atoms with van der Waals surface area (Å²) in [6, 6.07) is 3.43. The van der Waals surface area contributed by atoms with Gasteiger partial charge in [0.1, 0.15) is 5.60 Å². The molecule has 2 heterocycles. The van der Waals surface area contributed by atoms with Gasteiger partial charge in [-0.2, -0.15) is 0 Å². The average molecular weight is 286 g/mol. The van der Waals surface area contributed by atoms with Crippen molar-refractivity contribution in [2.45, 2.75) is 39.3 Å². The number of hydrogen-bond acceptors (Lipinski definition) is 3. The highest BCUT2D eigenvalue weighted by molar-refractivity contribution is 6.28. The molecule has 0 radical (unpaired) electrons. The zero-order chi connectivity index (χ0) is 14.2. The molecule has 0 spiro atoms. The molecule has 0 atom stereocenters. The summed E-state index contributed by atoms with van der Waals surface area (Å²) >= 11 is 5.84. The van der Waals surface area contributed by atoms with Gasteiger partial charge in [0, 0.05) is 22.9 Å². The molecule has 0 aliphatic carbocycles. The van der Waals surface area contributed by atoms with Crippen molar-refractivity contribution < 1.29 is 19.5 Å². The van der Waals surface area contributed by atoms with Gasteiger partial charge in [-0.1, -0.05) is 0 Å². The third kappa shape index (κ3) is 3.10. The van der Waals surface area contributed by atoms with E-state index in [9.17, 15) is 10.0 Å². The van der Waals surface area contributed by atoms with E-state index in [2.05, 4.69) is 0 Å². The summed E-state index contributed by atoms with van der Waals surface area (Å²) in [7, 11) is 0. The molecular formula is C13H18ClN2O3+. The molecule has 5 nitrogen and oxygen atoms in total. The van der Waals surface area contributed by atoms with Crippen LogP contribution in [0, 0.1) is 0 Å². The van der Waals surface area contributed by atoms with E-state index < -0.39 is 5.60 Å². The Balaban J connectivity index is 2.15. The summed E-state index contributed by atoms with van der Waals surface area (Å²) in [4.78, 5) is 13.6. The molecule has 0 fully saturated rings. The number of aromatic nitrogens is 1. The number of hydrogen-bond donors (Lipinski definition) is 1. The molecule has 1 aliphatic rings. The lowest BCUT2D eigenvalue weighted by molar-refractivity contribution is -0.908. The molecule has 0 saturated heterocycles. The molecule has 1 aromatic rings. The fourth-order valence-electron chi connectivity index (χ4n) is 2.02. The third-order valence-electron chi connectivity index (χ3n) is 2.88. The normalized spacial score (nSPS) is 15.1. The molecule has 0 bridgehead atoms. The van der Waals surface area contributed by atoms with E-state index in [0.29, 0.717) is 19.5 Å². The van der Waals surface area contributed by atoms with Gasteiger partial charge in [-0.25, -0.2) is 4.79 Å². The van der Waals surface area contributed by atoms with Crippen molar-refractivity contribution in [1.82, 2.24) is 4.90 Å². The lowest BCUT2D eigenvalue weighted by atomic mass is 10.1. The van der Waals surface area contributed by atoms with Gasteiger partial charge in [-0.15, -0.1) is 0 Å². The highest BCUT2D eigenvalue weighted by Crippen LogP contribution is 2.20. The minimum Gasteiger partial charge on any atom is -0.444 e. The molecule has 0 unspecified atom stereocenters. The Hall–Kier alpha value is -1.49. The number of ether oxygens (including phenoxy) is 1. The Labute approximate surface area is 117 Å². The minimum absolute atomic E-state index is 0.268. The molecule has 104 valence electrons. The van der Waals surface area contributed by atoms with Crippen LogP contribution in [-0.2, 0) is 17.7 Å². The Bertz CT molecular complexity index is 511. The maximum absolute atomic E-state index is 12.0. The maximum atomic E-state index is 12.0. The van der Waals surface area contributed by atoms with E-state index in [-0.39, 0.29) is 11.2 Å². The number of halogens is 1. The first-order valence-corrected chi connectivity index (χ1v) is 6.55. The van der Waals surface area contributed by atoms with E-state index >= 15 is 0 Å². The number of nitrogens with zero attached hydrogens (tertiary/aromatic N) is 2. The molecule has 0 aromatic carbocycles. The minimum atomic E-state index is -0.506. The summed E-state index contributed by atoms with van der Waals surface area (Å²) in [5.41, 5.74) is 1.12. The van der Waals surface area contributed by atoms with Gasteiger partial charge in [-0.05, 0) is 38.4 Å². The standard InChI is InChI=1S/C13H18ClN2O3/c1-13(2,3)19-12(17)15-7-6-10-9(8-15)4-5-11(14)16(10)18/h4-5,18H,6-8H2,1-3H3/q+1. The summed E-state index contributed by atoms with van der Waals surface area (Å²) in [6.45, 7) is 6.43. The zero-order valence-corrected chi connectivity index (χ0v) is 12.1. The van der Waals surface area contributed by atoms with Gasteiger partial charge in [0.25, 0.3) is 0 Å². The van der Waals surface area contributed by atoms with Gasteiger partial charge in [0.15, 0.2) is 0 Å². The van der Waals surface area contributed by atoms with Crippen LogP contribution in [0.4, 0.5) is 4.79 Å². The van der Waals surface area contributed by atoms with Crippen LogP contribution in [0.5, 0.6) is 0 Å². The van der Waals surface area contributed by atoms with Crippen LogP contribution in [0.15, 0.2) is 12.1 Å². The second-order valence-corrected chi connectivity index (χ2v) is 5.98. The summed E-state index contributed by atoms with van der Waals surface area (Å²) < 4.78 is 6.31. The topological polar surface area (TPSA) is 53.7 Å². The average Bonchev–Trinajstić information content (AvgIpc) is 2.31. The van der Waals surface area contributed by atoms with Crippen molar-refractivity contribution in [3.8, 4) is 0 Å². The number of pyridine rings is 1. The van der Waals surface area contributed by atoms with Crippen LogP contribution in [0.1, 0.15) is 32.0 Å². The van der Waals surface area contributed by atoms with Crippen molar-refractivity contribution in [3.05, 3.63) is 28.5 Å². The van der Waals surface area contributed by atoms with Crippen LogP contribution >= 0.6 is 11.6 Å². The first kappa shape index (κ1) is 13.9.